The first kappa shape index (κ1) is 32.9. The number of primary amides is 1. The maximum atomic E-state index is 13.7. The van der Waals surface area contributed by atoms with Crippen LogP contribution in [-0.4, -0.2) is 74.7 Å². The Labute approximate surface area is 275 Å². The van der Waals surface area contributed by atoms with Crippen LogP contribution in [0.25, 0.3) is 0 Å². The maximum Gasteiger partial charge on any atom is 0.254 e. The lowest BCUT2D eigenvalue weighted by Gasteiger charge is -2.49. The fraction of sp³-hybridized carbons (Fsp3) is 0.429. The van der Waals surface area contributed by atoms with Gasteiger partial charge in [0.25, 0.3) is 5.91 Å². The van der Waals surface area contributed by atoms with Gasteiger partial charge in [-0.25, -0.2) is 0 Å². The van der Waals surface area contributed by atoms with Gasteiger partial charge in [0.15, 0.2) is 11.5 Å². The van der Waals surface area contributed by atoms with Gasteiger partial charge in [0.1, 0.15) is 0 Å². The van der Waals surface area contributed by atoms with Crippen LogP contribution in [0.1, 0.15) is 54.1 Å². The standard InChI is InChI=1S/C35H41Cl2N3O5/c1-5-45-32-30(43-3)18-25(19-31(32)44-4)33(41)40-15-13-24(20-40)22(2)39-16-14-35(34(38)42,26-9-7-6-8-10-26)27(21-39)23-11-12-28(36)29(37)17-23/h6-12,17-19,22,24,27H,5,13-16,20-21H2,1-4H3,(H2,38,42). The minimum absolute atomic E-state index is 0.0755. The quantitative estimate of drug-likeness (QED) is 0.281. The van der Waals surface area contributed by atoms with Gasteiger partial charge in [0, 0.05) is 37.2 Å². The minimum atomic E-state index is -0.905. The minimum Gasteiger partial charge on any atom is -0.493 e. The predicted molar refractivity (Wildman–Crippen MR) is 177 cm³/mol. The van der Waals surface area contributed by atoms with Gasteiger partial charge in [0.2, 0.25) is 11.7 Å². The van der Waals surface area contributed by atoms with Crippen LogP contribution in [0.3, 0.4) is 0 Å². The van der Waals surface area contributed by atoms with Crippen LogP contribution >= 0.6 is 23.2 Å². The number of likely N-dealkylation sites (tertiary alicyclic amines) is 2. The lowest BCUT2D eigenvalue weighted by molar-refractivity contribution is -0.126. The van der Waals surface area contributed by atoms with Crippen molar-refractivity contribution in [2.45, 2.75) is 44.1 Å². The zero-order valence-corrected chi connectivity index (χ0v) is 27.7. The number of piperidine rings is 1. The Bertz CT molecular complexity index is 1510. The molecule has 45 heavy (non-hydrogen) atoms. The molecule has 4 unspecified atom stereocenters. The highest BCUT2D eigenvalue weighted by Gasteiger charge is 2.51. The maximum absolute atomic E-state index is 13.7. The molecule has 3 aromatic rings. The first-order valence-corrected chi connectivity index (χ1v) is 16.1. The third kappa shape index (κ3) is 6.33. The van der Waals surface area contributed by atoms with Gasteiger partial charge < -0.3 is 24.8 Å². The van der Waals surface area contributed by atoms with E-state index in [9.17, 15) is 9.59 Å². The summed E-state index contributed by atoms with van der Waals surface area (Å²) >= 11 is 12.8. The molecule has 0 spiro atoms. The highest BCUT2D eigenvalue weighted by molar-refractivity contribution is 6.42. The number of halogens is 2. The van der Waals surface area contributed by atoms with E-state index in [4.69, 9.17) is 43.1 Å². The van der Waals surface area contributed by atoms with Crippen molar-refractivity contribution >= 4 is 35.0 Å². The molecule has 2 N–H and O–H groups in total. The van der Waals surface area contributed by atoms with Gasteiger partial charge >= 0.3 is 0 Å². The summed E-state index contributed by atoms with van der Waals surface area (Å²) < 4.78 is 16.8. The van der Waals surface area contributed by atoms with E-state index in [1.54, 1.807) is 32.4 Å². The van der Waals surface area contributed by atoms with Crippen molar-refractivity contribution in [3.63, 3.8) is 0 Å². The molecule has 0 bridgehead atoms. The molecule has 8 nitrogen and oxygen atoms in total. The Morgan fingerprint density at radius 3 is 2.27 bits per heavy atom. The third-order valence-corrected chi connectivity index (χ3v) is 10.4. The van der Waals surface area contributed by atoms with Gasteiger partial charge in [-0.05, 0) is 74.5 Å². The van der Waals surface area contributed by atoms with E-state index < -0.39 is 5.41 Å². The summed E-state index contributed by atoms with van der Waals surface area (Å²) in [6.07, 6.45) is 1.43. The van der Waals surface area contributed by atoms with Gasteiger partial charge in [0.05, 0.1) is 36.3 Å². The number of carbonyl (C=O) groups is 2. The lowest BCUT2D eigenvalue weighted by Crippen LogP contribution is -2.57. The Hall–Kier alpha value is -3.46. The van der Waals surface area contributed by atoms with Crippen molar-refractivity contribution in [2.75, 3.05) is 47.0 Å². The molecule has 2 fully saturated rings. The molecule has 5 rings (SSSR count). The average Bonchev–Trinajstić information content (AvgIpc) is 3.56. The SMILES string of the molecule is CCOc1c(OC)cc(C(=O)N2CCC(C(C)N3CCC(C(N)=O)(c4ccccc4)C(c4ccc(Cl)c(Cl)c4)C3)C2)cc1OC. The third-order valence-electron chi connectivity index (χ3n) is 9.65. The molecule has 4 atom stereocenters. The molecule has 2 heterocycles. The first-order chi connectivity index (χ1) is 21.6. The van der Waals surface area contributed by atoms with Crippen molar-refractivity contribution in [1.29, 1.82) is 0 Å². The molecule has 2 aliphatic heterocycles. The number of nitrogens with two attached hydrogens (primary N) is 1. The molecule has 0 aromatic heterocycles. The molecule has 2 amide bonds. The molecular weight excluding hydrogens is 613 g/mol. The summed E-state index contributed by atoms with van der Waals surface area (Å²) in [5.41, 5.74) is 7.67. The van der Waals surface area contributed by atoms with E-state index >= 15 is 0 Å². The van der Waals surface area contributed by atoms with E-state index in [1.165, 1.54) is 0 Å². The van der Waals surface area contributed by atoms with Gasteiger partial charge in [-0.2, -0.15) is 0 Å². The number of rotatable bonds is 10. The highest BCUT2D eigenvalue weighted by atomic mass is 35.5. The molecule has 0 radical (unpaired) electrons. The number of amides is 2. The van der Waals surface area contributed by atoms with Crippen LogP contribution in [0.5, 0.6) is 17.2 Å². The van der Waals surface area contributed by atoms with Crippen molar-refractivity contribution in [2.24, 2.45) is 11.7 Å². The van der Waals surface area contributed by atoms with Gasteiger partial charge in [-0.15, -0.1) is 0 Å². The molecule has 2 aliphatic rings. The van der Waals surface area contributed by atoms with E-state index in [0.29, 0.717) is 72.1 Å². The topological polar surface area (TPSA) is 94.3 Å². The number of hydrogen-bond donors (Lipinski definition) is 1. The van der Waals surface area contributed by atoms with E-state index in [0.717, 1.165) is 17.5 Å². The van der Waals surface area contributed by atoms with Crippen LogP contribution in [0.15, 0.2) is 60.7 Å². The Morgan fingerprint density at radius 1 is 0.978 bits per heavy atom. The van der Waals surface area contributed by atoms with E-state index in [-0.39, 0.29) is 29.7 Å². The number of ether oxygens (including phenoxy) is 3. The highest BCUT2D eigenvalue weighted by Crippen LogP contribution is 2.47. The van der Waals surface area contributed by atoms with Crippen LogP contribution < -0.4 is 19.9 Å². The second-order valence-electron chi connectivity index (χ2n) is 11.9. The van der Waals surface area contributed by atoms with Crippen LogP contribution in [-0.2, 0) is 10.2 Å². The average molecular weight is 655 g/mol. The molecule has 240 valence electrons. The second kappa shape index (κ2) is 13.9. The fourth-order valence-electron chi connectivity index (χ4n) is 7.12. The summed E-state index contributed by atoms with van der Waals surface area (Å²) in [6.45, 7) is 7.10. The van der Waals surface area contributed by atoms with Crippen LogP contribution in [0.2, 0.25) is 10.0 Å². The summed E-state index contributed by atoms with van der Waals surface area (Å²) in [6, 6.07) is 19.0. The zero-order chi connectivity index (χ0) is 32.3. The normalized spacial score (nSPS) is 22.6. The summed E-state index contributed by atoms with van der Waals surface area (Å²) in [5.74, 6) is 0.975. The zero-order valence-electron chi connectivity index (χ0n) is 26.2. The smallest absolute Gasteiger partial charge is 0.254 e. The van der Waals surface area contributed by atoms with E-state index in [1.807, 2.05) is 54.3 Å². The lowest BCUT2D eigenvalue weighted by atomic mass is 9.62. The molecule has 3 aromatic carbocycles. The molecule has 2 saturated heterocycles. The van der Waals surface area contributed by atoms with Crippen LogP contribution in [0.4, 0.5) is 0 Å². The number of carbonyl (C=O) groups excluding carboxylic acids is 2. The van der Waals surface area contributed by atoms with Crippen molar-refractivity contribution in [3.8, 4) is 17.2 Å². The van der Waals surface area contributed by atoms with Gasteiger partial charge in [-0.3, -0.25) is 14.5 Å². The largest absolute Gasteiger partial charge is 0.493 e. The monoisotopic (exact) mass is 653 g/mol. The molecule has 0 saturated carbocycles. The van der Waals surface area contributed by atoms with Crippen LogP contribution in [0, 0.1) is 5.92 Å². The Morgan fingerprint density at radius 2 is 1.67 bits per heavy atom. The second-order valence-corrected chi connectivity index (χ2v) is 12.7. The summed E-state index contributed by atoms with van der Waals surface area (Å²) in [4.78, 5) is 31.4. The molecule has 0 aliphatic carbocycles. The number of nitrogens with zero attached hydrogens (tertiary/aromatic N) is 2. The predicted octanol–water partition coefficient (Wildman–Crippen LogP) is 6.17. The Balaban J connectivity index is 1.38. The number of methoxy groups -OCH3 is 2. The molecular formula is C35H41Cl2N3O5. The Kier molecular flexibility index (Phi) is 10.2. The summed E-state index contributed by atoms with van der Waals surface area (Å²) in [7, 11) is 3.10. The molecule has 10 heteroatoms. The number of hydrogen-bond acceptors (Lipinski definition) is 6. The van der Waals surface area contributed by atoms with Gasteiger partial charge in [-0.1, -0.05) is 59.6 Å². The first-order valence-electron chi connectivity index (χ1n) is 15.4. The van der Waals surface area contributed by atoms with Crippen molar-refractivity contribution in [1.82, 2.24) is 9.80 Å². The summed E-state index contributed by atoms with van der Waals surface area (Å²) in [5, 5.41) is 0.905. The number of benzene rings is 3. The van der Waals surface area contributed by atoms with Crippen molar-refractivity contribution in [3.05, 3.63) is 87.4 Å². The van der Waals surface area contributed by atoms with E-state index in [2.05, 4.69) is 11.8 Å². The fourth-order valence-corrected chi connectivity index (χ4v) is 7.43. The van der Waals surface area contributed by atoms with Crippen molar-refractivity contribution < 1.29 is 23.8 Å².